The zero-order valence-corrected chi connectivity index (χ0v) is 9.10. The van der Waals surface area contributed by atoms with E-state index in [4.69, 9.17) is 5.26 Å². The van der Waals surface area contributed by atoms with Gasteiger partial charge in [-0.3, -0.25) is 4.79 Å². The van der Waals surface area contributed by atoms with Gasteiger partial charge in [-0.2, -0.15) is 5.26 Å². The molecule has 0 bridgehead atoms. The first-order valence-corrected chi connectivity index (χ1v) is 5.19. The number of carbonyl (C=O) groups is 1. The molecule has 0 saturated heterocycles. The summed E-state index contributed by atoms with van der Waals surface area (Å²) in [4.78, 5) is 11.1. The van der Waals surface area contributed by atoms with Gasteiger partial charge < -0.3 is 4.57 Å². The SMILES string of the molecule is Cc1c(C=O)n(CCC#N)c2ccccc12. The van der Waals surface area contributed by atoms with Crippen molar-refractivity contribution in [3.05, 3.63) is 35.5 Å². The van der Waals surface area contributed by atoms with E-state index in [2.05, 4.69) is 6.07 Å². The predicted octanol–water partition coefficient (Wildman–Crippen LogP) is 2.68. The minimum Gasteiger partial charge on any atom is -0.337 e. The third-order valence-corrected chi connectivity index (χ3v) is 2.83. The van der Waals surface area contributed by atoms with Crippen molar-refractivity contribution in [2.24, 2.45) is 0 Å². The van der Waals surface area contributed by atoms with Crippen molar-refractivity contribution in [2.45, 2.75) is 19.9 Å². The van der Waals surface area contributed by atoms with Gasteiger partial charge in [-0.15, -0.1) is 0 Å². The molecule has 0 unspecified atom stereocenters. The van der Waals surface area contributed by atoms with Crippen LogP contribution in [0.25, 0.3) is 10.9 Å². The smallest absolute Gasteiger partial charge is 0.166 e. The summed E-state index contributed by atoms with van der Waals surface area (Å²) < 4.78 is 1.92. The molecule has 1 aromatic heterocycles. The molecule has 0 spiro atoms. The Labute approximate surface area is 93.9 Å². The lowest BCUT2D eigenvalue weighted by Gasteiger charge is -2.03. The number of aryl methyl sites for hydroxylation is 2. The highest BCUT2D eigenvalue weighted by molar-refractivity contribution is 5.92. The lowest BCUT2D eigenvalue weighted by atomic mass is 10.2. The van der Waals surface area contributed by atoms with E-state index in [9.17, 15) is 4.79 Å². The fourth-order valence-corrected chi connectivity index (χ4v) is 2.05. The molecule has 3 heteroatoms. The molecule has 3 nitrogen and oxygen atoms in total. The number of rotatable bonds is 3. The highest BCUT2D eigenvalue weighted by Gasteiger charge is 2.12. The Morgan fingerprint density at radius 3 is 2.88 bits per heavy atom. The second-order valence-electron chi connectivity index (χ2n) is 3.70. The summed E-state index contributed by atoms with van der Waals surface area (Å²) in [6.07, 6.45) is 1.28. The minimum absolute atomic E-state index is 0.416. The number of carbonyl (C=O) groups excluding carboxylic acids is 1. The molecule has 0 saturated carbocycles. The van der Waals surface area contributed by atoms with E-state index in [-0.39, 0.29) is 0 Å². The number of hydrogen-bond acceptors (Lipinski definition) is 2. The molecule has 0 fully saturated rings. The highest BCUT2D eigenvalue weighted by atomic mass is 16.1. The average Bonchev–Trinajstić information content (AvgIpc) is 2.60. The normalized spacial score (nSPS) is 10.2. The lowest BCUT2D eigenvalue weighted by Crippen LogP contribution is -2.02. The molecular weight excluding hydrogens is 200 g/mol. The van der Waals surface area contributed by atoms with E-state index >= 15 is 0 Å². The van der Waals surface area contributed by atoms with Crippen molar-refractivity contribution in [1.29, 1.82) is 5.26 Å². The molecule has 2 aromatic rings. The van der Waals surface area contributed by atoms with Crippen LogP contribution in [0.15, 0.2) is 24.3 Å². The molecule has 0 radical (unpaired) electrons. The number of benzene rings is 1. The van der Waals surface area contributed by atoms with Gasteiger partial charge in [0.1, 0.15) is 0 Å². The maximum absolute atomic E-state index is 11.1. The largest absolute Gasteiger partial charge is 0.337 e. The van der Waals surface area contributed by atoms with Crippen LogP contribution in [0.1, 0.15) is 22.5 Å². The Hall–Kier alpha value is -2.08. The second-order valence-corrected chi connectivity index (χ2v) is 3.70. The topological polar surface area (TPSA) is 45.8 Å². The Bertz CT molecular complexity index is 575. The van der Waals surface area contributed by atoms with Gasteiger partial charge in [-0.1, -0.05) is 18.2 Å². The highest BCUT2D eigenvalue weighted by Crippen LogP contribution is 2.24. The van der Waals surface area contributed by atoms with Crippen LogP contribution in [-0.4, -0.2) is 10.9 Å². The van der Waals surface area contributed by atoms with Crippen LogP contribution in [0.5, 0.6) is 0 Å². The number of fused-ring (bicyclic) bond motifs is 1. The number of nitrogens with zero attached hydrogens (tertiary/aromatic N) is 2. The van der Waals surface area contributed by atoms with Crippen molar-refractivity contribution < 1.29 is 4.79 Å². The zero-order chi connectivity index (χ0) is 11.5. The van der Waals surface area contributed by atoms with Gasteiger partial charge >= 0.3 is 0 Å². The van der Waals surface area contributed by atoms with Crippen molar-refractivity contribution in [3.63, 3.8) is 0 Å². The third kappa shape index (κ3) is 1.49. The fourth-order valence-electron chi connectivity index (χ4n) is 2.05. The van der Waals surface area contributed by atoms with Gasteiger partial charge in [-0.25, -0.2) is 0 Å². The Kier molecular flexibility index (Phi) is 2.74. The zero-order valence-electron chi connectivity index (χ0n) is 9.10. The molecule has 0 aliphatic carbocycles. The monoisotopic (exact) mass is 212 g/mol. The van der Waals surface area contributed by atoms with Gasteiger partial charge in [0.2, 0.25) is 0 Å². The summed E-state index contributed by atoms with van der Waals surface area (Å²) in [5.41, 5.74) is 2.69. The van der Waals surface area contributed by atoms with Gasteiger partial charge in [0.15, 0.2) is 6.29 Å². The van der Waals surface area contributed by atoms with Gasteiger partial charge in [0, 0.05) is 17.4 Å². The molecular formula is C13H12N2O. The summed E-state index contributed by atoms with van der Waals surface area (Å²) in [5, 5.41) is 9.70. The summed E-state index contributed by atoms with van der Waals surface area (Å²) in [6.45, 7) is 2.51. The van der Waals surface area contributed by atoms with Crippen LogP contribution in [0.4, 0.5) is 0 Å². The first-order valence-electron chi connectivity index (χ1n) is 5.19. The first-order chi connectivity index (χ1) is 7.79. The Morgan fingerprint density at radius 2 is 2.19 bits per heavy atom. The fraction of sp³-hybridized carbons (Fsp3) is 0.231. The number of nitriles is 1. The molecule has 80 valence electrons. The second kappa shape index (κ2) is 4.19. The average molecular weight is 212 g/mol. The lowest BCUT2D eigenvalue weighted by molar-refractivity contribution is 0.111. The Balaban J connectivity index is 2.68. The molecule has 16 heavy (non-hydrogen) atoms. The van der Waals surface area contributed by atoms with Crippen LogP contribution >= 0.6 is 0 Å². The molecule has 0 aliphatic rings. The number of hydrogen-bond donors (Lipinski definition) is 0. The van der Waals surface area contributed by atoms with Crippen molar-refractivity contribution in [2.75, 3.05) is 0 Å². The summed E-state index contributed by atoms with van der Waals surface area (Å²) >= 11 is 0. The summed E-state index contributed by atoms with van der Waals surface area (Å²) in [5.74, 6) is 0. The van der Waals surface area contributed by atoms with E-state index in [0.29, 0.717) is 18.7 Å². The molecule has 1 heterocycles. The quantitative estimate of drug-likeness (QED) is 0.734. The maximum atomic E-state index is 11.1. The first kappa shape index (κ1) is 10.4. The molecule has 0 amide bonds. The van der Waals surface area contributed by atoms with Gasteiger partial charge in [0.25, 0.3) is 0 Å². The molecule has 0 N–H and O–H groups in total. The standard InChI is InChI=1S/C13H12N2O/c1-10-11-5-2-3-6-12(11)15(8-4-7-14)13(10)9-16/h2-3,5-6,9H,4,8H2,1H3. The van der Waals surface area contributed by atoms with E-state index in [1.54, 1.807) is 0 Å². The summed E-state index contributed by atoms with van der Waals surface area (Å²) in [7, 11) is 0. The minimum atomic E-state index is 0.416. The maximum Gasteiger partial charge on any atom is 0.166 e. The van der Waals surface area contributed by atoms with Crippen LogP contribution in [0.3, 0.4) is 0 Å². The molecule has 0 atom stereocenters. The molecule has 0 aliphatic heterocycles. The number of aldehydes is 1. The number of para-hydroxylation sites is 1. The predicted molar refractivity (Wildman–Crippen MR) is 62.3 cm³/mol. The van der Waals surface area contributed by atoms with Crippen LogP contribution in [-0.2, 0) is 6.54 Å². The van der Waals surface area contributed by atoms with Crippen LogP contribution < -0.4 is 0 Å². The number of aromatic nitrogens is 1. The molecule has 2 rings (SSSR count). The molecule has 1 aromatic carbocycles. The van der Waals surface area contributed by atoms with Gasteiger partial charge in [-0.05, 0) is 18.6 Å². The van der Waals surface area contributed by atoms with E-state index < -0.39 is 0 Å². The van der Waals surface area contributed by atoms with E-state index in [0.717, 1.165) is 22.8 Å². The third-order valence-electron chi connectivity index (χ3n) is 2.83. The van der Waals surface area contributed by atoms with E-state index in [1.165, 1.54) is 0 Å². The van der Waals surface area contributed by atoms with Crippen molar-refractivity contribution in [1.82, 2.24) is 4.57 Å². The summed E-state index contributed by atoms with van der Waals surface area (Å²) in [6, 6.07) is 9.98. The van der Waals surface area contributed by atoms with Crippen LogP contribution in [0, 0.1) is 18.3 Å². The van der Waals surface area contributed by atoms with E-state index in [1.807, 2.05) is 35.8 Å². The Morgan fingerprint density at radius 1 is 1.44 bits per heavy atom. The van der Waals surface area contributed by atoms with Crippen LogP contribution in [0.2, 0.25) is 0 Å². The van der Waals surface area contributed by atoms with Crippen molar-refractivity contribution >= 4 is 17.2 Å². The van der Waals surface area contributed by atoms with Crippen molar-refractivity contribution in [3.8, 4) is 6.07 Å². The van der Waals surface area contributed by atoms with Gasteiger partial charge in [0.05, 0.1) is 18.2 Å².